The molecule has 0 nitrogen and oxygen atoms in total. The highest BCUT2D eigenvalue weighted by Gasteiger charge is 2.15. The number of hydrogen-bond acceptors (Lipinski definition) is 0. The summed E-state index contributed by atoms with van der Waals surface area (Å²) >= 11 is 0. The fourth-order valence-corrected chi connectivity index (χ4v) is 7.32. The molecule has 50 heavy (non-hydrogen) atoms. The molecule has 0 atom stereocenters. The zero-order valence-corrected chi connectivity index (χ0v) is 30.0. The van der Waals surface area contributed by atoms with Crippen LogP contribution in [0, 0.1) is 0 Å². The standard InChI is InChI=1S/C50H44/c1-49(2,3)43-25-21-33(22-26-43)35-13-15-39-31-41(19-17-37(39)29-35)45-9-7-12-48-46(10-8-11-47(45)48)42-20-18-38-30-36(14-16-40(38)32-42)34-23-27-44(28-24-34)50(4,5)6/h7-32H,1-6H3. The van der Waals surface area contributed by atoms with Crippen LogP contribution in [0.2, 0.25) is 0 Å². The Morgan fingerprint density at radius 1 is 0.280 bits per heavy atom. The Hall–Kier alpha value is -5.46. The SMILES string of the molecule is CC(C)(C)c1ccc(-c2ccc3cc(-c4cccc5c(-c6ccc7cc(-c8ccc(C(C)(C)C)cc8)ccc7c6)cccc45)ccc3c2)cc1. The third-order valence-corrected chi connectivity index (χ3v) is 10.4. The smallest absolute Gasteiger partial charge is 0.00992 e. The second-order valence-corrected chi connectivity index (χ2v) is 15.9. The van der Waals surface area contributed by atoms with Gasteiger partial charge in [-0.15, -0.1) is 0 Å². The van der Waals surface area contributed by atoms with E-state index in [9.17, 15) is 0 Å². The molecule has 0 radical (unpaired) electrons. The Labute approximate surface area is 297 Å². The normalized spacial score (nSPS) is 12.2. The fourth-order valence-electron chi connectivity index (χ4n) is 7.32. The Balaban J connectivity index is 1.11. The minimum atomic E-state index is 0.154. The molecule has 8 aromatic rings. The lowest BCUT2D eigenvalue weighted by molar-refractivity contribution is 0.590. The molecule has 0 saturated carbocycles. The number of hydrogen-bond donors (Lipinski definition) is 0. The predicted octanol–water partition coefficient (Wildman–Crippen LogP) is 14.4. The molecule has 8 rings (SSSR count). The van der Waals surface area contributed by atoms with Gasteiger partial charge >= 0.3 is 0 Å². The molecule has 0 unspecified atom stereocenters. The molecule has 0 aliphatic rings. The molecule has 0 heterocycles. The average molecular weight is 645 g/mol. The lowest BCUT2D eigenvalue weighted by atomic mass is 9.86. The molecular formula is C50H44. The Kier molecular flexibility index (Phi) is 7.72. The first-order valence-corrected chi connectivity index (χ1v) is 17.8. The van der Waals surface area contributed by atoms with E-state index < -0.39 is 0 Å². The lowest BCUT2D eigenvalue weighted by Gasteiger charge is -2.19. The molecule has 0 aliphatic carbocycles. The van der Waals surface area contributed by atoms with E-state index in [0.29, 0.717) is 0 Å². The molecule has 0 aliphatic heterocycles. The van der Waals surface area contributed by atoms with E-state index in [4.69, 9.17) is 0 Å². The van der Waals surface area contributed by atoms with Crippen molar-refractivity contribution in [1.82, 2.24) is 0 Å². The van der Waals surface area contributed by atoms with Gasteiger partial charge in [-0.05, 0) is 123 Å². The van der Waals surface area contributed by atoms with E-state index in [0.717, 1.165) is 0 Å². The second kappa shape index (κ2) is 12.1. The number of rotatable bonds is 4. The Morgan fingerprint density at radius 2 is 0.580 bits per heavy atom. The zero-order valence-electron chi connectivity index (χ0n) is 30.0. The van der Waals surface area contributed by atoms with Crippen LogP contribution in [0.1, 0.15) is 52.7 Å². The van der Waals surface area contributed by atoms with Gasteiger partial charge in [-0.3, -0.25) is 0 Å². The maximum atomic E-state index is 2.34. The maximum Gasteiger partial charge on any atom is -0.00992 e. The van der Waals surface area contributed by atoms with Crippen LogP contribution in [0.3, 0.4) is 0 Å². The Morgan fingerprint density at radius 3 is 0.920 bits per heavy atom. The fraction of sp³-hybridized carbons (Fsp3) is 0.160. The third-order valence-electron chi connectivity index (χ3n) is 10.4. The van der Waals surface area contributed by atoms with Crippen molar-refractivity contribution in [1.29, 1.82) is 0 Å². The summed E-state index contributed by atoms with van der Waals surface area (Å²) in [5.41, 5.74) is 13.0. The van der Waals surface area contributed by atoms with Crippen LogP contribution in [0.4, 0.5) is 0 Å². The largest absolute Gasteiger partial charge is 0.0610 e. The van der Waals surface area contributed by atoms with Crippen molar-refractivity contribution in [2.75, 3.05) is 0 Å². The van der Waals surface area contributed by atoms with Crippen molar-refractivity contribution < 1.29 is 0 Å². The summed E-state index contributed by atoms with van der Waals surface area (Å²) in [5.74, 6) is 0. The Bertz CT molecular complexity index is 2330. The average Bonchev–Trinajstić information content (AvgIpc) is 3.13. The first-order chi connectivity index (χ1) is 24.0. The van der Waals surface area contributed by atoms with Crippen LogP contribution < -0.4 is 0 Å². The van der Waals surface area contributed by atoms with Crippen LogP contribution >= 0.6 is 0 Å². The predicted molar refractivity (Wildman–Crippen MR) is 218 cm³/mol. The van der Waals surface area contributed by atoms with Crippen LogP contribution in [-0.4, -0.2) is 0 Å². The number of benzene rings is 8. The maximum absolute atomic E-state index is 2.34. The molecule has 0 spiro atoms. The minimum Gasteiger partial charge on any atom is -0.0610 e. The van der Waals surface area contributed by atoms with E-state index in [-0.39, 0.29) is 10.8 Å². The highest BCUT2D eigenvalue weighted by molar-refractivity contribution is 6.06. The molecule has 0 heteroatoms. The molecule has 0 N–H and O–H groups in total. The van der Waals surface area contributed by atoms with E-state index in [1.54, 1.807) is 0 Å². The lowest BCUT2D eigenvalue weighted by Crippen LogP contribution is -2.10. The molecule has 0 saturated heterocycles. The van der Waals surface area contributed by atoms with Crippen LogP contribution in [0.25, 0.3) is 76.8 Å². The van der Waals surface area contributed by atoms with Crippen LogP contribution in [0.15, 0.2) is 158 Å². The van der Waals surface area contributed by atoms with Gasteiger partial charge < -0.3 is 0 Å². The first-order valence-electron chi connectivity index (χ1n) is 17.8. The molecule has 8 aromatic carbocycles. The van der Waals surface area contributed by atoms with Gasteiger partial charge in [0, 0.05) is 0 Å². The monoisotopic (exact) mass is 644 g/mol. The van der Waals surface area contributed by atoms with Gasteiger partial charge in [-0.1, -0.05) is 175 Å². The summed E-state index contributed by atoms with van der Waals surface area (Å²) in [7, 11) is 0. The van der Waals surface area contributed by atoms with Gasteiger partial charge in [0.25, 0.3) is 0 Å². The molecular weight excluding hydrogens is 601 g/mol. The molecule has 0 amide bonds. The summed E-state index contributed by atoms with van der Waals surface area (Å²) in [6, 6.07) is 59.0. The summed E-state index contributed by atoms with van der Waals surface area (Å²) < 4.78 is 0. The second-order valence-electron chi connectivity index (χ2n) is 15.9. The van der Waals surface area contributed by atoms with Gasteiger partial charge in [0.2, 0.25) is 0 Å². The van der Waals surface area contributed by atoms with E-state index in [2.05, 4.69) is 199 Å². The molecule has 0 bridgehead atoms. The van der Waals surface area contributed by atoms with Gasteiger partial charge in [-0.25, -0.2) is 0 Å². The first kappa shape index (κ1) is 31.8. The van der Waals surface area contributed by atoms with Gasteiger partial charge in [-0.2, -0.15) is 0 Å². The van der Waals surface area contributed by atoms with Gasteiger partial charge in [0.1, 0.15) is 0 Å². The highest BCUT2D eigenvalue weighted by Crippen LogP contribution is 2.38. The van der Waals surface area contributed by atoms with Gasteiger partial charge in [0.15, 0.2) is 0 Å². The molecule has 0 aromatic heterocycles. The van der Waals surface area contributed by atoms with E-state index in [1.165, 1.54) is 88.0 Å². The van der Waals surface area contributed by atoms with Crippen LogP contribution in [0.5, 0.6) is 0 Å². The van der Waals surface area contributed by atoms with Crippen LogP contribution in [-0.2, 0) is 10.8 Å². The van der Waals surface area contributed by atoms with Crippen molar-refractivity contribution in [3.8, 4) is 44.5 Å². The molecule has 0 fully saturated rings. The quantitative estimate of drug-likeness (QED) is 0.179. The number of fused-ring (bicyclic) bond motifs is 3. The summed E-state index contributed by atoms with van der Waals surface area (Å²) in [6.45, 7) is 13.6. The topological polar surface area (TPSA) is 0 Å². The zero-order chi connectivity index (χ0) is 34.6. The van der Waals surface area contributed by atoms with Crippen molar-refractivity contribution >= 4 is 32.3 Å². The third kappa shape index (κ3) is 6.01. The summed E-state index contributed by atoms with van der Waals surface area (Å²) in [4.78, 5) is 0. The van der Waals surface area contributed by atoms with E-state index >= 15 is 0 Å². The highest BCUT2D eigenvalue weighted by atomic mass is 14.2. The van der Waals surface area contributed by atoms with E-state index in [1.807, 2.05) is 0 Å². The van der Waals surface area contributed by atoms with Gasteiger partial charge in [0.05, 0.1) is 0 Å². The van der Waals surface area contributed by atoms with Crippen molar-refractivity contribution in [3.05, 3.63) is 169 Å². The minimum absolute atomic E-state index is 0.154. The molecule has 244 valence electrons. The van der Waals surface area contributed by atoms with Crippen molar-refractivity contribution in [3.63, 3.8) is 0 Å². The van der Waals surface area contributed by atoms with Crippen molar-refractivity contribution in [2.45, 2.75) is 52.4 Å². The van der Waals surface area contributed by atoms with Crippen molar-refractivity contribution in [2.24, 2.45) is 0 Å². The summed E-state index contributed by atoms with van der Waals surface area (Å²) in [6.07, 6.45) is 0. The summed E-state index contributed by atoms with van der Waals surface area (Å²) in [5, 5.41) is 7.57.